The fraction of sp³-hybridized carbons (Fsp3) is 0.429. The lowest BCUT2D eigenvalue weighted by atomic mass is 10.2. The zero-order valence-electron chi connectivity index (χ0n) is 11.6. The van der Waals surface area contributed by atoms with E-state index in [4.69, 9.17) is 0 Å². The molecule has 2 aromatic rings. The largest absolute Gasteiger partial charge is 0.351 e. The van der Waals surface area contributed by atoms with Crippen LogP contribution in [0.4, 0.5) is 0 Å². The molecule has 0 aliphatic rings. The molecular weight excluding hydrogens is 240 g/mol. The molecule has 0 aliphatic heterocycles. The SMILES string of the molecule is Cc1nc2ccc(CNC(=O)CNC(C)C)cc2[nH]1. The average Bonchev–Trinajstić information content (AvgIpc) is 2.73. The number of hydrogen-bond donors (Lipinski definition) is 3. The zero-order chi connectivity index (χ0) is 13.8. The van der Waals surface area contributed by atoms with E-state index >= 15 is 0 Å². The summed E-state index contributed by atoms with van der Waals surface area (Å²) in [5.74, 6) is 0.909. The van der Waals surface area contributed by atoms with Gasteiger partial charge in [-0.05, 0) is 24.6 Å². The Labute approximate surface area is 112 Å². The van der Waals surface area contributed by atoms with Gasteiger partial charge in [-0.2, -0.15) is 0 Å². The number of aryl methyl sites for hydroxylation is 1. The minimum atomic E-state index is 0.00888. The minimum absolute atomic E-state index is 0.00888. The Morgan fingerprint density at radius 1 is 1.42 bits per heavy atom. The smallest absolute Gasteiger partial charge is 0.234 e. The number of nitrogens with zero attached hydrogens (tertiary/aromatic N) is 1. The maximum absolute atomic E-state index is 11.6. The number of rotatable bonds is 5. The molecule has 19 heavy (non-hydrogen) atoms. The first-order valence-corrected chi connectivity index (χ1v) is 6.50. The molecule has 0 spiro atoms. The van der Waals surface area contributed by atoms with E-state index in [-0.39, 0.29) is 5.91 Å². The van der Waals surface area contributed by atoms with Gasteiger partial charge in [-0.3, -0.25) is 4.79 Å². The Morgan fingerprint density at radius 2 is 2.21 bits per heavy atom. The predicted molar refractivity (Wildman–Crippen MR) is 75.8 cm³/mol. The first kappa shape index (κ1) is 13.5. The molecular formula is C14H20N4O. The highest BCUT2D eigenvalue weighted by molar-refractivity contribution is 5.79. The molecule has 0 aliphatic carbocycles. The summed E-state index contributed by atoms with van der Waals surface area (Å²) in [4.78, 5) is 19.1. The van der Waals surface area contributed by atoms with Crippen LogP contribution in [-0.2, 0) is 11.3 Å². The van der Waals surface area contributed by atoms with Crippen molar-refractivity contribution in [2.75, 3.05) is 6.54 Å². The number of fused-ring (bicyclic) bond motifs is 1. The second kappa shape index (κ2) is 5.84. The minimum Gasteiger partial charge on any atom is -0.351 e. The second-order valence-electron chi connectivity index (χ2n) is 4.99. The molecule has 5 nitrogen and oxygen atoms in total. The van der Waals surface area contributed by atoms with Crippen LogP contribution in [-0.4, -0.2) is 28.5 Å². The average molecular weight is 260 g/mol. The molecule has 5 heteroatoms. The van der Waals surface area contributed by atoms with Crippen LogP contribution >= 0.6 is 0 Å². The van der Waals surface area contributed by atoms with E-state index in [1.165, 1.54) is 0 Å². The van der Waals surface area contributed by atoms with Crippen molar-refractivity contribution in [2.24, 2.45) is 0 Å². The number of carbonyl (C=O) groups excluding carboxylic acids is 1. The molecule has 0 saturated heterocycles. The summed E-state index contributed by atoms with van der Waals surface area (Å²) in [6, 6.07) is 6.28. The summed E-state index contributed by atoms with van der Waals surface area (Å²) in [5.41, 5.74) is 3.02. The number of imidazole rings is 1. The van der Waals surface area contributed by atoms with E-state index < -0.39 is 0 Å². The molecule has 0 unspecified atom stereocenters. The maximum atomic E-state index is 11.6. The van der Waals surface area contributed by atoms with Crippen LogP contribution in [0, 0.1) is 6.92 Å². The van der Waals surface area contributed by atoms with Gasteiger partial charge in [0.2, 0.25) is 5.91 Å². The lowest BCUT2D eigenvalue weighted by Gasteiger charge is -2.08. The summed E-state index contributed by atoms with van der Waals surface area (Å²) in [6.07, 6.45) is 0. The topological polar surface area (TPSA) is 69.8 Å². The van der Waals surface area contributed by atoms with Crippen LogP contribution in [0.2, 0.25) is 0 Å². The Balaban J connectivity index is 1.92. The highest BCUT2D eigenvalue weighted by Gasteiger charge is 2.04. The Kier molecular flexibility index (Phi) is 4.16. The van der Waals surface area contributed by atoms with Gasteiger partial charge >= 0.3 is 0 Å². The number of aromatic amines is 1. The van der Waals surface area contributed by atoms with Crippen molar-refractivity contribution in [3.8, 4) is 0 Å². The van der Waals surface area contributed by atoms with Crippen LogP contribution < -0.4 is 10.6 Å². The normalized spacial score (nSPS) is 11.2. The van der Waals surface area contributed by atoms with Gasteiger partial charge in [0, 0.05) is 12.6 Å². The number of nitrogens with one attached hydrogen (secondary N) is 3. The molecule has 1 aromatic carbocycles. The molecule has 0 atom stereocenters. The number of H-pyrrole nitrogens is 1. The van der Waals surface area contributed by atoms with E-state index in [9.17, 15) is 4.79 Å². The predicted octanol–water partition coefficient (Wildman–Crippen LogP) is 1.49. The Hall–Kier alpha value is -1.88. The fourth-order valence-corrected chi connectivity index (χ4v) is 1.85. The van der Waals surface area contributed by atoms with Crippen LogP contribution in [0.5, 0.6) is 0 Å². The van der Waals surface area contributed by atoms with Crippen LogP contribution in [0.15, 0.2) is 18.2 Å². The van der Waals surface area contributed by atoms with Crippen LogP contribution in [0.25, 0.3) is 11.0 Å². The van der Waals surface area contributed by atoms with Gasteiger partial charge in [0.1, 0.15) is 5.82 Å². The number of carbonyl (C=O) groups is 1. The van der Waals surface area contributed by atoms with Gasteiger partial charge in [0.05, 0.1) is 17.6 Å². The van der Waals surface area contributed by atoms with E-state index in [2.05, 4.69) is 20.6 Å². The lowest BCUT2D eigenvalue weighted by molar-refractivity contribution is -0.120. The van der Waals surface area contributed by atoms with Crippen molar-refractivity contribution in [1.29, 1.82) is 0 Å². The quantitative estimate of drug-likeness (QED) is 0.762. The number of hydrogen-bond acceptors (Lipinski definition) is 3. The molecule has 102 valence electrons. The summed E-state index contributed by atoms with van der Waals surface area (Å²) >= 11 is 0. The van der Waals surface area contributed by atoms with Crippen molar-refractivity contribution in [1.82, 2.24) is 20.6 Å². The van der Waals surface area contributed by atoms with Gasteiger partial charge < -0.3 is 15.6 Å². The molecule has 2 rings (SSSR count). The first-order valence-electron chi connectivity index (χ1n) is 6.50. The van der Waals surface area contributed by atoms with Crippen molar-refractivity contribution in [3.63, 3.8) is 0 Å². The molecule has 1 amide bonds. The van der Waals surface area contributed by atoms with Gasteiger partial charge in [0.25, 0.3) is 0 Å². The summed E-state index contributed by atoms with van der Waals surface area (Å²) in [6.45, 7) is 6.85. The lowest BCUT2D eigenvalue weighted by Crippen LogP contribution is -2.36. The summed E-state index contributed by atoms with van der Waals surface area (Å²) in [7, 11) is 0. The second-order valence-corrected chi connectivity index (χ2v) is 4.99. The molecule has 0 bridgehead atoms. The van der Waals surface area contributed by atoms with E-state index in [1.54, 1.807) is 0 Å². The summed E-state index contributed by atoms with van der Waals surface area (Å²) < 4.78 is 0. The molecule has 1 aromatic heterocycles. The molecule has 0 saturated carbocycles. The van der Waals surface area contributed by atoms with Gasteiger partial charge in [-0.1, -0.05) is 19.9 Å². The Bertz CT molecular complexity index is 574. The van der Waals surface area contributed by atoms with E-state index in [1.807, 2.05) is 39.0 Å². The molecule has 3 N–H and O–H groups in total. The van der Waals surface area contributed by atoms with Crippen LogP contribution in [0.3, 0.4) is 0 Å². The van der Waals surface area contributed by atoms with Crippen molar-refractivity contribution < 1.29 is 4.79 Å². The van der Waals surface area contributed by atoms with Gasteiger partial charge in [-0.25, -0.2) is 4.98 Å². The molecule has 1 heterocycles. The van der Waals surface area contributed by atoms with Crippen molar-refractivity contribution in [3.05, 3.63) is 29.6 Å². The summed E-state index contributed by atoms with van der Waals surface area (Å²) in [5, 5.41) is 5.98. The van der Waals surface area contributed by atoms with E-state index in [0.717, 1.165) is 22.4 Å². The fourth-order valence-electron chi connectivity index (χ4n) is 1.85. The van der Waals surface area contributed by atoms with E-state index in [0.29, 0.717) is 19.1 Å². The third kappa shape index (κ3) is 3.79. The number of aromatic nitrogens is 2. The standard InChI is InChI=1S/C14H20N4O/c1-9(2)15-8-14(19)16-7-11-4-5-12-13(6-11)18-10(3)17-12/h4-6,9,15H,7-8H2,1-3H3,(H,16,19)(H,17,18). The van der Waals surface area contributed by atoms with Crippen LogP contribution in [0.1, 0.15) is 25.2 Å². The number of benzene rings is 1. The highest BCUT2D eigenvalue weighted by atomic mass is 16.1. The zero-order valence-corrected chi connectivity index (χ0v) is 11.6. The molecule has 0 fully saturated rings. The third-order valence-corrected chi connectivity index (χ3v) is 2.83. The van der Waals surface area contributed by atoms with Crippen molar-refractivity contribution >= 4 is 16.9 Å². The maximum Gasteiger partial charge on any atom is 0.234 e. The molecule has 0 radical (unpaired) electrons. The monoisotopic (exact) mass is 260 g/mol. The van der Waals surface area contributed by atoms with Gasteiger partial charge in [-0.15, -0.1) is 0 Å². The Morgan fingerprint density at radius 3 is 2.95 bits per heavy atom. The highest BCUT2D eigenvalue weighted by Crippen LogP contribution is 2.13. The van der Waals surface area contributed by atoms with Crippen molar-refractivity contribution in [2.45, 2.75) is 33.4 Å². The third-order valence-electron chi connectivity index (χ3n) is 2.83. The van der Waals surface area contributed by atoms with Gasteiger partial charge in [0.15, 0.2) is 0 Å². The first-order chi connectivity index (χ1) is 9.04. The number of amides is 1.